The molecule has 0 spiro atoms. The van der Waals surface area contributed by atoms with Crippen molar-refractivity contribution in [2.45, 2.75) is 39.3 Å². The van der Waals surface area contributed by atoms with Gasteiger partial charge < -0.3 is 10.2 Å². The highest BCUT2D eigenvalue weighted by Gasteiger charge is 2.39. The van der Waals surface area contributed by atoms with Gasteiger partial charge in [0.2, 0.25) is 5.91 Å². The monoisotopic (exact) mass is 308 g/mol. The molecule has 0 unspecified atom stereocenters. The minimum atomic E-state index is 0.120. The Kier molecular flexibility index (Phi) is 4.37. The molecule has 2 aromatic rings. The third-order valence-electron chi connectivity index (χ3n) is 4.85. The van der Waals surface area contributed by atoms with Crippen molar-refractivity contribution in [1.29, 1.82) is 0 Å². The van der Waals surface area contributed by atoms with Gasteiger partial charge in [0.1, 0.15) is 0 Å². The molecule has 0 bridgehead atoms. The highest BCUT2D eigenvalue weighted by molar-refractivity contribution is 5.94. The first kappa shape index (κ1) is 15.6. The molecule has 120 valence electrons. The Morgan fingerprint density at radius 2 is 1.74 bits per heavy atom. The van der Waals surface area contributed by atoms with Crippen LogP contribution in [0.15, 0.2) is 54.6 Å². The summed E-state index contributed by atoms with van der Waals surface area (Å²) in [4.78, 5) is 14.2. The van der Waals surface area contributed by atoms with Gasteiger partial charge in [-0.25, -0.2) is 0 Å². The second-order valence-electron chi connectivity index (χ2n) is 6.27. The predicted octanol–water partition coefficient (Wildman–Crippen LogP) is 4.62. The van der Waals surface area contributed by atoms with Gasteiger partial charge in [-0.05, 0) is 30.2 Å². The van der Waals surface area contributed by atoms with E-state index in [0.29, 0.717) is 5.92 Å². The maximum atomic E-state index is 12.2. The molecule has 1 N–H and O–H groups in total. The van der Waals surface area contributed by atoms with E-state index in [1.807, 2.05) is 29.2 Å². The Morgan fingerprint density at radius 3 is 2.39 bits per heavy atom. The number of anilines is 2. The van der Waals surface area contributed by atoms with Crippen LogP contribution < -0.4 is 10.2 Å². The van der Waals surface area contributed by atoms with E-state index < -0.39 is 0 Å². The largest absolute Gasteiger partial charge is 0.378 e. The average Bonchev–Trinajstić information content (AvgIpc) is 2.57. The first-order chi connectivity index (χ1) is 11.1. The van der Waals surface area contributed by atoms with Crippen LogP contribution in [0.2, 0.25) is 0 Å². The van der Waals surface area contributed by atoms with Crippen molar-refractivity contribution in [2.75, 3.05) is 10.2 Å². The quantitative estimate of drug-likeness (QED) is 0.897. The summed E-state index contributed by atoms with van der Waals surface area (Å²) in [6.45, 7) is 6.06. The van der Waals surface area contributed by atoms with E-state index in [4.69, 9.17) is 0 Å². The van der Waals surface area contributed by atoms with Gasteiger partial charge in [-0.3, -0.25) is 4.79 Å². The van der Waals surface area contributed by atoms with E-state index in [-0.39, 0.29) is 18.0 Å². The number of carbonyl (C=O) groups is 1. The number of para-hydroxylation sites is 2. The molecule has 23 heavy (non-hydrogen) atoms. The normalized spacial score (nSPS) is 23.3. The summed E-state index contributed by atoms with van der Waals surface area (Å²) in [5, 5.41) is 3.67. The lowest BCUT2D eigenvalue weighted by Gasteiger charge is -2.45. The first-order valence-electron chi connectivity index (χ1n) is 8.33. The van der Waals surface area contributed by atoms with Crippen LogP contribution in [0.4, 0.5) is 11.4 Å². The molecule has 2 aromatic carbocycles. The van der Waals surface area contributed by atoms with E-state index in [9.17, 15) is 4.79 Å². The van der Waals surface area contributed by atoms with E-state index >= 15 is 0 Å². The van der Waals surface area contributed by atoms with Crippen LogP contribution in [-0.4, -0.2) is 11.9 Å². The highest BCUT2D eigenvalue weighted by Crippen LogP contribution is 2.43. The van der Waals surface area contributed by atoms with Crippen LogP contribution in [0.3, 0.4) is 0 Å². The Labute approximate surface area is 138 Å². The van der Waals surface area contributed by atoms with Crippen LogP contribution in [0.25, 0.3) is 0 Å². The Hall–Kier alpha value is -2.29. The molecule has 1 heterocycles. The Bertz CT molecular complexity index is 683. The molecule has 0 saturated carbocycles. The zero-order chi connectivity index (χ0) is 16.4. The number of nitrogens with zero attached hydrogens (tertiary/aromatic N) is 1. The summed E-state index contributed by atoms with van der Waals surface area (Å²) in [6.07, 6.45) is 0.946. The number of benzene rings is 2. The molecular weight excluding hydrogens is 284 g/mol. The van der Waals surface area contributed by atoms with E-state index in [2.05, 4.69) is 49.5 Å². The van der Waals surface area contributed by atoms with Gasteiger partial charge >= 0.3 is 0 Å². The van der Waals surface area contributed by atoms with Gasteiger partial charge in [0.05, 0.1) is 6.04 Å². The average molecular weight is 308 g/mol. The zero-order valence-corrected chi connectivity index (χ0v) is 14.0. The molecule has 0 fully saturated rings. The molecule has 1 aliphatic rings. The number of hydrogen-bond donors (Lipinski definition) is 1. The van der Waals surface area contributed by atoms with Crippen LogP contribution in [0.1, 0.15) is 38.8 Å². The standard InChI is InChI=1S/C20H24N2O/c1-4-18-14(2)20(21-16-10-6-5-7-11-16)17-12-8-9-13-19(17)22(18)15(3)23/h5-14,18,20-21H,4H2,1-3H3/t14-,18-,20-/m0/s1. The molecule has 0 aliphatic carbocycles. The molecule has 3 heteroatoms. The lowest BCUT2D eigenvalue weighted by molar-refractivity contribution is -0.117. The molecule has 1 aliphatic heterocycles. The first-order valence-corrected chi connectivity index (χ1v) is 8.33. The minimum Gasteiger partial charge on any atom is -0.378 e. The van der Waals surface area contributed by atoms with E-state index in [1.165, 1.54) is 5.56 Å². The SMILES string of the molecule is CC[C@H]1[C@H](C)[C@H](Nc2ccccc2)c2ccccc2N1C(C)=O. The molecule has 0 saturated heterocycles. The molecule has 3 rings (SSSR count). The molecule has 1 amide bonds. The molecular formula is C20H24N2O. The number of hydrogen-bond acceptors (Lipinski definition) is 2. The van der Waals surface area contributed by atoms with Crippen LogP contribution >= 0.6 is 0 Å². The van der Waals surface area contributed by atoms with Crippen molar-refractivity contribution < 1.29 is 4.79 Å². The van der Waals surface area contributed by atoms with Gasteiger partial charge in [0.15, 0.2) is 0 Å². The van der Waals surface area contributed by atoms with Crippen LogP contribution in [-0.2, 0) is 4.79 Å². The minimum absolute atomic E-state index is 0.120. The van der Waals surface area contributed by atoms with Crippen molar-refractivity contribution in [1.82, 2.24) is 0 Å². The molecule has 3 atom stereocenters. The number of rotatable bonds is 3. The fourth-order valence-electron chi connectivity index (χ4n) is 3.77. The van der Waals surface area contributed by atoms with Crippen LogP contribution in [0, 0.1) is 5.92 Å². The maximum Gasteiger partial charge on any atom is 0.224 e. The molecule has 0 aromatic heterocycles. The second-order valence-corrected chi connectivity index (χ2v) is 6.27. The fourth-order valence-corrected chi connectivity index (χ4v) is 3.77. The highest BCUT2D eigenvalue weighted by atomic mass is 16.2. The topological polar surface area (TPSA) is 32.3 Å². The summed E-state index contributed by atoms with van der Waals surface area (Å²) in [5.74, 6) is 0.452. The summed E-state index contributed by atoms with van der Waals surface area (Å²) in [6, 6.07) is 19.0. The van der Waals surface area contributed by atoms with Crippen molar-refractivity contribution in [3.63, 3.8) is 0 Å². The fraction of sp³-hybridized carbons (Fsp3) is 0.350. The maximum absolute atomic E-state index is 12.2. The summed E-state index contributed by atoms with van der Waals surface area (Å²) in [5.41, 5.74) is 3.35. The zero-order valence-electron chi connectivity index (χ0n) is 14.0. The third-order valence-corrected chi connectivity index (χ3v) is 4.85. The summed E-state index contributed by atoms with van der Waals surface area (Å²) in [7, 11) is 0. The van der Waals surface area contributed by atoms with E-state index in [0.717, 1.165) is 17.8 Å². The lowest BCUT2D eigenvalue weighted by atomic mass is 9.81. The Balaban J connectivity index is 2.05. The molecule has 3 nitrogen and oxygen atoms in total. The lowest BCUT2D eigenvalue weighted by Crippen LogP contribution is -2.49. The van der Waals surface area contributed by atoms with Crippen molar-refractivity contribution in [3.05, 3.63) is 60.2 Å². The number of carbonyl (C=O) groups excluding carboxylic acids is 1. The number of amides is 1. The van der Waals surface area contributed by atoms with Crippen molar-refractivity contribution >= 4 is 17.3 Å². The predicted molar refractivity (Wildman–Crippen MR) is 95.7 cm³/mol. The van der Waals surface area contributed by atoms with Crippen molar-refractivity contribution in [2.24, 2.45) is 5.92 Å². The van der Waals surface area contributed by atoms with Gasteiger partial charge in [-0.15, -0.1) is 0 Å². The summed E-state index contributed by atoms with van der Waals surface area (Å²) < 4.78 is 0. The molecule has 0 radical (unpaired) electrons. The van der Waals surface area contributed by atoms with Crippen LogP contribution in [0.5, 0.6) is 0 Å². The second kappa shape index (κ2) is 6.45. The van der Waals surface area contributed by atoms with Gasteiger partial charge in [-0.2, -0.15) is 0 Å². The number of nitrogens with one attached hydrogen (secondary N) is 1. The van der Waals surface area contributed by atoms with E-state index in [1.54, 1.807) is 6.92 Å². The number of fused-ring (bicyclic) bond motifs is 1. The smallest absolute Gasteiger partial charge is 0.224 e. The summed E-state index contributed by atoms with van der Waals surface area (Å²) >= 11 is 0. The van der Waals surface area contributed by atoms with Gasteiger partial charge in [-0.1, -0.05) is 50.2 Å². The van der Waals surface area contributed by atoms with Gasteiger partial charge in [0, 0.05) is 30.3 Å². The van der Waals surface area contributed by atoms with Crippen molar-refractivity contribution in [3.8, 4) is 0 Å². The Morgan fingerprint density at radius 1 is 1.09 bits per heavy atom. The van der Waals surface area contributed by atoms with Gasteiger partial charge in [0.25, 0.3) is 0 Å². The third kappa shape index (κ3) is 2.83.